The van der Waals surface area contributed by atoms with E-state index in [1.54, 1.807) is 6.92 Å². The van der Waals surface area contributed by atoms with Crippen molar-refractivity contribution in [1.82, 2.24) is 4.90 Å². The van der Waals surface area contributed by atoms with E-state index >= 15 is 0 Å². The van der Waals surface area contributed by atoms with Crippen LogP contribution < -0.4 is 4.90 Å². The molecule has 1 atom stereocenters. The minimum absolute atomic E-state index is 0. The number of halogens is 2. The first kappa shape index (κ1) is 24.2. The van der Waals surface area contributed by atoms with E-state index in [1.165, 1.54) is 43.7 Å². The van der Waals surface area contributed by atoms with E-state index in [-0.39, 0.29) is 30.0 Å². The van der Waals surface area contributed by atoms with Crippen LogP contribution in [0.25, 0.3) is 0 Å². The monoisotopic (exact) mass is 495 g/mol. The van der Waals surface area contributed by atoms with Crippen LogP contribution in [0.4, 0.5) is 5.69 Å². The molecule has 0 spiro atoms. The second-order valence-corrected chi connectivity index (χ2v) is 11.7. The van der Waals surface area contributed by atoms with Crippen molar-refractivity contribution in [3.63, 3.8) is 0 Å². The average Bonchev–Trinajstić information content (AvgIpc) is 3.08. The summed E-state index contributed by atoms with van der Waals surface area (Å²) < 4.78 is 0. The van der Waals surface area contributed by atoms with Gasteiger partial charge in [0.1, 0.15) is 6.17 Å². The summed E-state index contributed by atoms with van der Waals surface area (Å²) >= 11 is 7.97. The van der Waals surface area contributed by atoms with Gasteiger partial charge in [-0.1, -0.05) is 36.7 Å². The van der Waals surface area contributed by atoms with Gasteiger partial charge < -0.3 is 4.90 Å². The minimum Gasteiger partial charge on any atom is -0.330 e. The summed E-state index contributed by atoms with van der Waals surface area (Å²) in [5.41, 5.74) is 1.08. The molecule has 0 N–H and O–H groups in total. The molecule has 0 aromatic heterocycles. The Balaban J connectivity index is 0.00000245. The number of carbonyl (C=O) groups excluding carboxylic acids is 1. The van der Waals surface area contributed by atoms with Crippen molar-refractivity contribution < 1.29 is 4.79 Å². The number of unbranched alkanes of at least 4 members (excludes halogenated alkanes) is 1. The topological polar surface area (TPSA) is 35.9 Å². The molecule has 1 amide bonds. The van der Waals surface area contributed by atoms with Crippen LogP contribution in [0.2, 0.25) is 5.02 Å². The molecule has 1 unspecified atom stereocenters. The number of amidine groups is 1. The molecule has 1 saturated heterocycles. The lowest BCUT2D eigenvalue weighted by atomic mass is 9.53. The Labute approximate surface area is 207 Å². The van der Waals surface area contributed by atoms with Gasteiger partial charge in [0.25, 0.3) is 0 Å². The van der Waals surface area contributed by atoms with Gasteiger partial charge in [-0.15, -0.1) is 12.4 Å². The van der Waals surface area contributed by atoms with Crippen LogP contribution in [0.15, 0.2) is 29.3 Å². The van der Waals surface area contributed by atoms with Gasteiger partial charge in [-0.05, 0) is 87.0 Å². The summed E-state index contributed by atoms with van der Waals surface area (Å²) in [7, 11) is 0. The van der Waals surface area contributed by atoms with E-state index in [9.17, 15) is 4.79 Å². The maximum Gasteiger partial charge on any atom is 0.225 e. The molecular weight excluding hydrogens is 461 g/mol. The van der Waals surface area contributed by atoms with Crippen molar-refractivity contribution in [2.24, 2.45) is 22.7 Å². The van der Waals surface area contributed by atoms with Crippen molar-refractivity contribution in [2.45, 2.75) is 76.9 Å². The van der Waals surface area contributed by atoms with Crippen molar-refractivity contribution >= 4 is 52.5 Å². The Bertz CT molecular complexity index is 824. The second kappa shape index (κ2) is 9.76. The van der Waals surface area contributed by atoms with E-state index < -0.39 is 0 Å². The minimum atomic E-state index is 0. The maximum absolute atomic E-state index is 12.8. The fourth-order valence-electron chi connectivity index (χ4n) is 6.90. The lowest BCUT2D eigenvalue weighted by Crippen LogP contribution is -2.52. The highest BCUT2D eigenvalue weighted by Crippen LogP contribution is 2.57. The average molecular weight is 497 g/mol. The molecule has 6 rings (SSSR count). The van der Waals surface area contributed by atoms with Gasteiger partial charge in [-0.25, -0.2) is 0 Å². The highest BCUT2D eigenvalue weighted by molar-refractivity contribution is 8.14. The maximum atomic E-state index is 12.8. The standard InChI is InChI=1S/C25H34ClN3OS.ClH/c1-3-4-9-28-23(29(17(2)30)22-7-5-21(26)6-8-22)16-31-24(28)27-25-13-18-10-19(14-25)12-20(11-18)15-25;/h5-8,18-20,23H,3-4,9-16H2,1-2H3;1H. The van der Waals surface area contributed by atoms with Crippen LogP contribution in [-0.2, 0) is 4.79 Å². The third-order valence-electron chi connectivity index (χ3n) is 7.80. The summed E-state index contributed by atoms with van der Waals surface area (Å²) in [4.78, 5) is 22.7. The molecule has 5 aliphatic rings. The van der Waals surface area contributed by atoms with E-state index in [2.05, 4.69) is 11.8 Å². The SMILES string of the molecule is CCCCN1C(=NC23CC4CC(CC(C4)C2)C3)SCC1N(C(C)=O)c1ccc(Cl)cc1.Cl. The predicted octanol–water partition coefficient (Wildman–Crippen LogP) is 6.61. The highest BCUT2D eigenvalue weighted by Gasteiger charge is 2.52. The first-order chi connectivity index (χ1) is 15.0. The summed E-state index contributed by atoms with van der Waals surface area (Å²) in [6, 6.07) is 7.66. The van der Waals surface area contributed by atoms with Crippen molar-refractivity contribution in [2.75, 3.05) is 17.2 Å². The Hall–Kier alpha value is -0.910. The molecule has 1 aliphatic heterocycles. The van der Waals surface area contributed by atoms with Crippen LogP contribution in [0.3, 0.4) is 0 Å². The number of thioether (sulfide) groups is 1. The first-order valence-corrected chi connectivity index (χ1v) is 13.4. The molecule has 1 heterocycles. The van der Waals surface area contributed by atoms with Crippen LogP contribution in [0.1, 0.15) is 65.2 Å². The summed E-state index contributed by atoms with van der Waals surface area (Å²) in [5.74, 6) is 3.63. The smallest absolute Gasteiger partial charge is 0.225 e. The van der Waals surface area contributed by atoms with E-state index in [0.29, 0.717) is 5.02 Å². The number of anilines is 1. The summed E-state index contributed by atoms with van der Waals surface area (Å²) in [6.07, 6.45) is 10.4. The zero-order chi connectivity index (χ0) is 21.6. The number of amides is 1. The third kappa shape index (κ3) is 4.67. The molecule has 7 heteroatoms. The molecule has 1 aromatic rings. The van der Waals surface area contributed by atoms with Gasteiger partial charge >= 0.3 is 0 Å². The van der Waals surface area contributed by atoms with Gasteiger partial charge in [0.15, 0.2) is 5.17 Å². The number of aliphatic imine (C=N–C) groups is 1. The number of rotatable bonds is 6. The van der Waals surface area contributed by atoms with Gasteiger partial charge in [0.05, 0.1) is 5.54 Å². The molecule has 176 valence electrons. The first-order valence-electron chi connectivity index (χ1n) is 12.0. The van der Waals surface area contributed by atoms with Crippen molar-refractivity contribution in [1.29, 1.82) is 0 Å². The van der Waals surface area contributed by atoms with Gasteiger partial charge in [-0.2, -0.15) is 0 Å². The Kier molecular flexibility index (Phi) is 7.38. The molecule has 32 heavy (non-hydrogen) atoms. The lowest BCUT2D eigenvalue weighted by molar-refractivity contribution is -0.117. The quantitative estimate of drug-likeness (QED) is 0.444. The predicted molar refractivity (Wildman–Crippen MR) is 138 cm³/mol. The largest absolute Gasteiger partial charge is 0.330 e. The lowest BCUT2D eigenvalue weighted by Gasteiger charge is -2.55. The Morgan fingerprint density at radius 1 is 1.16 bits per heavy atom. The zero-order valence-corrected chi connectivity index (χ0v) is 21.5. The van der Waals surface area contributed by atoms with Crippen LogP contribution in [-0.4, -0.2) is 40.0 Å². The zero-order valence-electron chi connectivity index (χ0n) is 19.1. The molecule has 4 bridgehead atoms. The molecule has 4 nitrogen and oxygen atoms in total. The highest BCUT2D eigenvalue weighted by atomic mass is 35.5. The van der Waals surface area contributed by atoms with E-state index in [4.69, 9.17) is 16.6 Å². The van der Waals surface area contributed by atoms with Gasteiger partial charge in [-0.3, -0.25) is 14.7 Å². The normalized spacial score (nSPS) is 34.1. The molecule has 0 radical (unpaired) electrons. The van der Waals surface area contributed by atoms with Crippen LogP contribution >= 0.6 is 35.8 Å². The van der Waals surface area contributed by atoms with Crippen molar-refractivity contribution in [3.05, 3.63) is 29.3 Å². The fraction of sp³-hybridized carbons (Fsp3) is 0.680. The Morgan fingerprint density at radius 2 is 1.75 bits per heavy atom. The molecule has 5 fully saturated rings. The number of carbonyl (C=O) groups is 1. The molecular formula is C25H35Cl2N3OS. The van der Waals surface area contributed by atoms with E-state index in [0.717, 1.165) is 48.6 Å². The Morgan fingerprint density at radius 3 is 2.28 bits per heavy atom. The molecule has 1 aromatic carbocycles. The second-order valence-electron chi connectivity index (χ2n) is 10.2. The van der Waals surface area contributed by atoms with Crippen LogP contribution in [0, 0.1) is 17.8 Å². The number of hydrogen-bond donors (Lipinski definition) is 0. The van der Waals surface area contributed by atoms with Gasteiger partial charge in [0, 0.05) is 29.9 Å². The van der Waals surface area contributed by atoms with Crippen molar-refractivity contribution in [3.8, 4) is 0 Å². The number of benzene rings is 1. The fourth-order valence-corrected chi connectivity index (χ4v) is 8.29. The third-order valence-corrected chi connectivity index (χ3v) is 9.10. The van der Waals surface area contributed by atoms with E-state index in [1.807, 2.05) is 40.9 Å². The van der Waals surface area contributed by atoms with Crippen LogP contribution in [0.5, 0.6) is 0 Å². The number of hydrogen-bond acceptors (Lipinski definition) is 3. The van der Waals surface area contributed by atoms with Gasteiger partial charge in [0.2, 0.25) is 5.91 Å². The number of nitrogens with zero attached hydrogens (tertiary/aromatic N) is 3. The summed E-state index contributed by atoms with van der Waals surface area (Å²) in [5, 5.41) is 1.88. The molecule has 4 aliphatic carbocycles. The summed E-state index contributed by atoms with van der Waals surface area (Å²) in [6.45, 7) is 4.86. The molecule has 4 saturated carbocycles.